The number of rotatable bonds is 7. The Morgan fingerprint density at radius 3 is 2.25 bits per heavy atom. The van der Waals surface area contributed by atoms with E-state index in [4.69, 9.17) is 0 Å². The van der Waals surface area contributed by atoms with Crippen molar-refractivity contribution >= 4 is 44.2 Å². The number of benzene rings is 4. The minimum absolute atomic E-state index is 0.121. The van der Waals surface area contributed by atoms with Crippen molar-refractivity contribution in [3.8, 4) is 0 Å². The zero-order valence-electron chi connectivity index (χ0n) is 17.4. The maximum atomic E-state index is 12.9. The lowest BCUT2D eigenvalue weighted by molar-refractivity contribution is -0.117. The third-order valence-corrected chi connectivity index (χ3v) is 7.49. The van der Waals surface area contributed by atoms with Crippen molar-refractivity contribution in [1.82, 2.24) is 4.72 Å². The Morgan fingerprint density at radius 1 is 0.812 bits per heavy atom. The van der Waals surface area contributed by atoms with E-state index in [0.29, 0.717) is 5.69 Å². The van der Waals surface area contributed by atoms with Crippen molar-refractivity contribution in [2.24, 2.45) is 0 Å². The highest BCUT2D eigenvalue weighted by Gasteiger charge is 2.23. The smallest absolute Gasteiger partial charge is 0.242 e. The number of anilines is 1. The summed E-state index contributed by atoms with van der Waals surface area (Å²) in [6.45, 7) is 1.53. The van der Waals surface area contributed by atoms with Gasteiger partial charge in [-0.15, -0.1) is 0 Å². The molecule has 4 aromatic carbocycles. The molecule has 0 saturated carbocycles. The molecule has 0 unspecified atom stereocenters. The highest BCUT2D eigenvalue weighted by molar-refractivity contribution is 7.99. The summed E-state index contributed by atoms with van der Waals surface area (Å²) in [5.41, 5.74) is 0.628. The van der Waals surface area contributed by atoms with E-state index >= 15 is 0 Å². The van der Waals surface area contributed by atoms with Crippen LogP contribution in [0.2, 0.25) is 0 Å². The molecular weight excluding hydrogens is 440 g/mol. The molecule has 2 N–H and O–H groups in total. The number of carbonyl (C=O) groups is 1. The van der Waals surface area contributed by atoms with Crippen LogP contribution in [0.5, 0.6) is 0 Å². The zero-order chi connectivity index (χ0) is 22.6. The average molecular weight is 463 g/mol. The summed E-state index contributed by atoms with van der Waals surface area (Å²) >= 11 is 1.53. The molecule has 162 valence electrons. The second-order valence-electron chi connectivity index (χ2n) is 7.25. The standard InChI is InChI=1S/C25H22N2O3S2/c1-18(27-32(29,30)22-16-15-19-9-5-6-10-20(19)17-22)25(28)26-23-13-7-8-14-24(23)31-21-11-3-2-4-12-21/h2-18,27H,1H3,(H,26,28)/t18-/m0/s1. The number of carbonyl (C=O) groups excluding carboxylic acids is 1. The van der Waals surface area contributed by atoms with E-state index in [-0.39, 0.29) is 4.90 Å². The summed E-state index contributed by atoms with van der Waals surface area (Å²) in [6, 6.07) is 28.7. The topological polar surface area (TPSA) is 75.3 Å². The third-order valence-electron chi connectivity index (χ3n) is 4.87. The molecule has 5 nitrogen and oxygen atoms in total. The van der Waals surface area contributed by atoms with Crippen molar-refractivity contribution in [2.45, 2.75) is 27.7 Å². The number of sulfonamides is 1. The van der Waals surface area contributed by atoms with Gasteiger partial charge in [-0.3, -0.25) is 4.79 Å². The van der Waals surface area contributed by atoms with Gasteiger partial charge in [-0.1, -0.05) is 72.4 Å². The van der Waals surface area contributed by atoms with Crippen LogP contribution in [-0.2, 0) is 14.8 Å². The van der Waals surface area contributed by atoms with E-state index in [1.165, 1.54) is 18.7 Å². The largest absolute Gasteiger partial charge is 0.324 e. The fourth-order valence-electron chi connectivity index (χ4n) is 3.20. The van der Waals surface area contributed by atoms with Crippen LogP contribution in [0, 0.1) is 0 Å². The fraction of sp³-hybridized carbons (Fsp3) is 0.0800. The third kappa shape index (κ3) is 5.19. The number of hydrogen-bond donors (Lipinski definition) is 2. The van der Waals surface area contributed by atoms with Gasteiger partial charge in [0.1, 0.15) is 0 Å². The number of nitrogens with one attached hydrogen (secondary N) is 2. The lowest BCUT2D eigenvalue weighted by Gasteiger charge is -2.16. The van der Waals surface area contributed by atoms with Gasteiger partial charge in [0, 0.05) is 9.79 Å². The molecule has 4 rings (SSSR count). The predicted octanol–water partition coefficient (Wildman–Crippen LogP) is 5.30. The van der Waals surface area contributed by atoms with E-state index in [1.54, 1.807) is 24.3 Å². The van der Waals surface area contributed by atoms with Crippen molar-refractivity contribution in [2.75, 3.05) is 5.32 Å². The van der Waals surface area contributed by atoms with Crippen LogP contribution >= 0.6 is 11.8 Å². The fourth-order valence-corrected chi connectivity index (χ4v) is 5.36. The van der Waals surface area contributed by atoms with Gasteiger partial charge < -0.3 is 5.32 Å². The van der Waals surface area contributed by atoms with Crippen LogP contribution in [0.4, 0.5) is 5.69 Å². The molecule has 7 heteroatoms. The molecule has 0 heterocycles. The van der Waals surface area contributed by atoms with Gasteiger partial charge in [-0.05, 0) is 54.1 Å². The van der Waals surface area contributed by atoms with E-state index in [2.05, 4.69) is 10.0 Å². The number of amides is 1. The molecule has 0 aliphatic rings. The number of para-hydroxylation sites is 1. The molecule has 0 aromatic heterocycles. The Balaban J connectivity index is 1.48. The second-order valence-corrected chi connectivity index (χ2v) is 10.1. The molecule has 1 amide bonds. The van der Waals surface area contributed by atoms with Crippen LogP contribution < -0.4 is 10.0 Å². The first-order valence-electron chi connectivity index (χ1n) is 10.1. The van der Waals surface area contributed by atoms with E-state index in [0.717, 1.165) is 20.6 Å². The summed E-state index contributed by atoms with van der Waals surface area (Å²) in [7, 11) is -3.86. The lowest BCUT2D eigenvalue weighted by atomic mass is 10.1. The highest BCUT2D eigenvalue weighted by atomic mass is 32.2. The highest BCUT2D eigenvalue weighted by Crippen LogP contribution is 2.33. The van der Waals surface area contributed by atoms with Gasteiger partial charge in [0.25, 0.3) is 0 Å². The summed E-state index contributed by atoms with van der Waals surface area (Å²) in [6.07, 6.45) is 0. The molecule has 4 aromatic rings. The first kappa shape index (κ1) is 22.1. The zero-order valence-corrected chi connectivity index (χ0v) is 19.0. The summed E-state index contributed by atoms with van der Waals surface area (Å²) in [5.74, 6) is -0.435. The summed E-state index contributed by atoms with van der Waals surface area (Å²) in [5, 5.41) is 4.62. The van der Waals surface area contributed by atoms with Gasteiger partial charge in [0.15, 0.2) is 0 Å². The molecule has 0 spiro atoms. The van der Waals surface area contributed by atoms with E-state index < -0.39 is 22.0 Å². The van der Waals surface area contributed by atoms with Crippen molar-refractivity contribution in [3.63, 3.8) is 0 Å². The molecular formula is C25H22N2O3S2. The maximum Gasteiger partial charge on any atom is 0.242 e. The number of fused-ring (bicyclic) bond motifs is 1. The monoisotopic (exact) mass is 462 g/mol. The van der Waals surface area contributed by atoms with Crippen LogP contribution in [0.15, 0.2) is 112 Å². The Labute approximate surface area is 191 Å². The first-order chi connectivity index (χ1) is 15.4. The van der Waals surface area contributed by atoms with Gasteiger partial charge in [-0.25, -0.2) is 8.42 Å². The van der Waals surface area contributed by atoms with Crippen LogP contribution in [-0.4, -0.2) is 20.4 Å². The molecule has 0 fully saturated rings. The quantitative estimate of drug-likeness (QED) is 0.391. The molecule has 0 aliphatic carbocycles. The van der Waals surface area contributed by atoms with Crippen molar-refractivity contribution < 1.29 is 13.2 Å². The van der Waals surface area contributed by atoms with Gasteiger partial charge in [0.2, 0.25) is 15.9 Å². The Kier molecular flexibility index (Phi) is 6.60. The SMILES string of the molecule is C[C@H](NS(=O)(=O)c1ccc2ccccc2c1)C(=O)Nc1ccccc1Sc1ccccc1. The lowest BCUT2D eigenvalue weighted by Crippen LogP contribution is -2.41. The van der Waals surface area contributed by atoms with Crippen LogP contribution in [0.25, 0.3) is 10.8 Å². The van der Waals surface area contributed by atoms with Crippen molar-refractivity contribution in [3.05, 3.63) is 97.1 Å². The van der Waals surface area contributed by atoms with Gasteiger partial charge >= 0.3 is 0 Å². The minimum atomic E-state index is -3.86. The Hall–Kier alpha value is -3.13. The van der Waals surface area contributed by atoms with Crippen LogP contribution in [0.1, 0.15) is 6.92 Å². The molecule has 0 saturated heterocycles. The molecule has 32 heavy (non-hydrogen) atoms. The summed E-state index contributed by atoms with van der Waals surface area (Å²) in [4.78, 5) is 14.8. The molecule has 1 atom stereocenters. The Morgan fingerprint density at radius 2 is 1.47 bits per heavy atom. The normalized spacial score (nSPS) is 12.4. The molecule has 0 aliphatic heterocycles. The predicted molar refractivity (Wildman–Crippen MR) is 129 cm³/mol. The van der Waals surface area contributed by atoms with E-state index in [1.807, 2.05) is 72.8 Å². The molecule has 0 bridgehead atoms. The maximum absolute atomic E-state index is 12.9. The first-order valence-corrected chi connectivity index (χ1v) is 12.4. The Bertz CT molecular complexity index is 1360. The average Bonchev–Trinajstić information content (AvgIpc) is 2.80. The van der Waals surface area contributed by atoms with E-state index in [9.17, 15) is 13.2 Å². The minimum Gasteiger partial charge on any atom is -0.324 e. The van der Waals surface area contributed by atoms with Crippen LogP contribution in [0.3, 0.4) is 0 Å². The van der Waals surface area contributed by atoms with Gasteiger partial charge in [-0.2, -0.15) is 4.72 Å². The van der Waals surface area contributed by atoms with Crippen molar-refractivity contribution in [1.29, 1.82) is 0 Å². The second kappa shape index (κ2) is 9.56. The number of hydrogen-bond acceptors (Lipinski definition) is 4. The summed E-state index contributed by atoms with van der Waals surface area (Å²) < 4.78 is 28.2. The molecule has 0 radical (unpaired) electrons. The van der Waals surface area contributed by atoms with Gasteiger partial charge in [0.05, 0.1) is 16.6 Å².